The molecule has 1 nitrogen and oxygen atoms in total. The molecule has 0 radical (unpaired) electrons. The third-order valence-electron chi connectivity index (χ3n) is 2.24. The van der Waals surface area contributed by atoms with E-state index in [9.17, 15) is 4.79 Å². The molecule has 0 fully saturated rings. The predicted molar refractivity (Wildman–Crippen MR) is 55.6 cm³/mol. The molecule has 1 aliphatic rings. The maximum atomic E-state index is 11.4. The first kappa shape index (κ1) is 10.2. The van der Waals surface area contributed by atoms with Crippen molar-refractivity contribution >= 4 is 5.78 Å². The molecule has 0 amide bonds. The summed E-state index contributed by atoms with van der Waals surface area (Å²) >= 11 is 0. The summed E-state index contributed by atoms with van der Waals surface area (Å²) in [4.78, 5) is 11.4. The molecule has 0 saturated heterocycles. The molecule has 1 rings (SSSR count). The van der Waals surface area contributed by atoms with Crippen molar-refractivity contribution in [1.29, 1.82) is 0 Å². The maximum absolute atomic E-state index is 11.4. The van der Waals surface area contributed by atoms with Crippen LogP contribution in [-0.4, -0.2) is 5.78 Å². The first-order chi connectivity index (χ1) is 6.18. The van der Waals surface area contributed by atoms with Gasteiger partial charge in [0.15, 0.2) is 5.78 Å². The molecule has 0 bridgehead atoms. The minimum atomic E-state index is 0.258. The number of carbonyl (C=O) groups excluding carboxylic acids is 1. The molecule has 0 spiro atoms. The molecule has 0 heterocycles. The molecular formula is C12H18O. The summed E-state index contributed by atoms with van der Waals surface area (Å²) < 4.78 is 0. The summed E-state index contributed by atoms with van der Waals surface area (Å²) in [6.45, 7) is 3.93. The van der Waals surface area contributed by atoms with Crippen LogP contribution in [0.3, 0.4) is 0 Å². The fraction of sp³-hybridized carbons (Fsp3) is 0.583. The zero-order valence-corrected chi connectivity index (χ0v) is 8.60. The monoisotopic (exact) mass is 178 g/mol. The lowest BCUT2D eigenvalue weighted by atomic mass is 9.95. The highest BCUT2D eigenvalue weighted by molar-refractivity contribution is 5.91. The van der Waals surface area contributed by atoms with E-state index in [2.05, 4.69) is 6.08 Å². The van der Waals surface area contributed by atoms with E-state index in [1.807, 2.05) is 13.8 Å². The van der Waals surface area contributed by atoms with Crippen LogP contribution in [0.25, 0.3) is 0 Å². The van der Waals surface area contributed by atoms with Crippen LogP contribution < -0.4 is 0 Å². The molecule has 0 aliphatic heterocycles. The van der Waals surface area contributed by atoms with E-state index < -0.39 is 0 Å². The van der Waals surface area contributed by atoms with Crippen LogP contribution in [0.2, 0.25) is 0 Å². The second-order valence-electron chi connectivity index (χ2n) is 3.97. The van der Waals surface area contributed by atoms with Crippen LogP contribution in [-0.2, 0) is 4.79 Å². The molecule has 0 unspecified atom stereocenters. The molecule has 72 valence electrons. The molecule has 0 aromatic carbocycles. The Hall–Kier alpha value is -0.850. The molecule has 0 aromatic rings. The molecule has 0 saturated carbocycles. The molecule has 1 aliphatic carbocycles. The smallest absolute Gasteiger partial charge is 0.159 e. The van der Waals surface area contributed by atoms with Crippen molar-refractivity contribution in [1.82, 2.24) is 0 Å². The average Bonchev–Trinajstić information content (AvgIpc) is 2.04. The van der Waals surface area contributed by atoms with Crippen LogP contribution in [0.5, 0.6) is 0 Å². The van der Waals surface area contributed by atoms with Crippen molar-refractivity contribution in [3.8, 4) is 0 Å². The summed E-state index contributed by atoms with van der Waals surface area (Å²) in [5.74, 6) is 0.258. The molecule has 1 heteroatoms. The Bertz CT molecular complexity index is 242. The topological polar surface area (TPSA) is 17.1 Å². The highest BCUT2D eigenvalue weighted by atomic mass is 16.1. The quantitative estimate of drug-likeness (QED) is 0.478. The van der Waals surface area contributed by atoms with E-state index >= 15 is 0 Å². The molecular weight excluding hydrogens is 160 g/mol. The van der Waals surface area contributed by atoms with Gasteiger partial charge in [-0.15, -0.1) is 0 Å². The Kier molecular flexibility index (Phi) is 3.94. The van der Waals surface area contributed by atoms with Crippen molar-refractivity contribution in [2.75, 3.05) is 0 Å². The minimum Gasteiger partial charge on any atom is -0.295 e. The first-order valence-corrected chi connectivity index (χ1v) is 5.04. The van der Waals surface area contributed by atoms with Gasteiger partial charge in [0, 0.05) is 6.42 Å². The lowest BCUT2D eigenvalue weighted by Crippen LogP contribution is -1.99. The summed E-state index contributed by atoms with van der Waals surface area (Å²) in [5, 5.41) is 0. The summed E-state index contributed by atoms with van der Waals surface area (Å²) in [6.07, 6.45) is 9.47. The number of rotatable bonds is 3. The maximum Gasteiger partial charge on any atom is 0.159 e. The normalized spacial score (nSPS) is 16.3. The van der Waals surface area contributed by atoms with E-state index in [-0.39, 0.29) is 5.78 Å². The van der Waals surface area contributed by atoms with E-state index in [1.165, 1.54) is 18.4 Å². The van der Waals surface area contributed by atoms with Crippen molar-refractivity contribution in [2.24, 2.45) is 0 Å². The van der Waals surface area contributed by atoms with Crippen LogP contribution in [0.15, 0.2) is 23.3 Å². The Balaban J connectivity index is 2.44. The number of ketones is 1. The second-order valence-corrected chi connectivity index (χ2v) is 3.97. The summed E-state index contributed by atoms with van der Waals surface area (Å²) in [6, 6.07) is 0. The third kappa shape index (κ3) is 4.07. The first-order valence-electron chi connectivity index (χ1n) is 5.04. The molecule has 0 aromatic heterocycles. The van der Waals surface area contributed by atoms with E-state index in [1.54, 1.807) is 6.08 Å². The standard InChI is InChI=1S/C12H18O/c1-10(2)8-12(13)9-11-6-4-3-5-7-11/h6,8H,3-5,7,9H2,1-2H3. The summed E-state index contributed by atoms with van der Waals surface area (Å²) in [7, 11) is 0. The van der Waals surface area contributed by atoms with Crippen molar-refractivity contribution < 1.29 is 4.79 Å². The van der Waals surface area contributed by atoms with E-state index in [0.29, 0.717) is 6.42 Å². The van der Waals surface area contributed by atoms with Gasteiger partial charge >= 0.3 is 0 Å². The number of carbonyl (C=O) groups is 1. The Morgan fingerprint density at radius 3 is 2.77 bits per heavy atom. The van der Waals surface area contributed by atoms with E-state index in [0.717, 1.165) is 18.4 Å². The Morgan fingerprint density at radius 1 is 1.46 bits per heavy atom. The number of allylic oxidation sites excluding steroid dienone is 4. The summed E-state index contributed by atoms with van der Waals surface area (Å²) in [5.41, 5.74) is 2.44. The fourth-order valence-electron chi connectivity index (χ4n) is 1.66. The zero-order chi connectivity index (χ0) is 9.68. The van der Waals surface area contributed by atoms with Gasteiger partial charge in [-0.05, 0) is 45.6 Å². The van der Waals surface area contributed by atoms with Gasteiger partial charge in [0.05, 0.1) is 0 Å². The highest BCUT2D eigenvalue weighted by Gasteiger charge is 2.06. The van der Waals surface area contributed by atoms with Crippen molar-refractivity contribution in [3.63, 3.8) is 0 Å². The van der Waals surface area contributed by atoms with Crippen molar-refractivity contribution in [2.45, 2.75) is 46.0 Å². The van der Waals surface area contributed by atoms with Gasteiger partial charge in [0.25, 0.3) is 0 Å². The van der Waals surface area contributed by atoms with Gasteiger partial charge in [-0.2, -0.15) is 0 Å². The van der Waals surface area contributed by atoms with Crippen LogP contribution in [0.4, 0.5) is 0 Å². The van der Waals surface area contributed by atoms with Gasteiger partial charge in [0.2, 0.25) is 0 Å². The second kappa shape index (κ2) is 5.00. The van der Waals surface area contributed by atoms with Gasteiger partial charge in [0.1, 0.15) is 0 Å². The molecule has 13 heavy (non-hydrogen) atoms. The van der Waals surface area contributed by atoms with Gasteiger partial charge in [-0.3, -0.25) is 4.79 Å². The highest BCUT2D eigenvalue weighted by Crippen LogP contribution is 2.20. The lowest BCUT2D eigenvalue weighted by Gasteiger charge is -2.10. The van der Waals surface area contributed by atoms with Crippen LogP contribution in [0.1, 0.15) is 46.0 Å². The van der Waals surface area contributed by atoms with Crippen LogP contribution >= 0.6 is 0 Å². The van der Waals surface area contributed by atoms with Gasteiger partial charge in [-0.25, -0.2) is 0 Å². The average molecular weight is 178 g/mol. The number of hydrogen-bond acceptors (Lipinski definition) is 1. The number of hydrogen-bond donors (Lipinski definition) is 0. The molecule has 0 N–H and O–H groups in total. The van der Waals surface area contributed by atoms with Crippen molar-refractivity contribution in [3.05, 3.63) is 23.3 Å². The fourth-order valence-corrected chi connectivity index (χ4v) is 1.66. The SMILES string of the molecule is CC(C)=CC(=O)CC1=CCCCC1. The minimum absolute atomic E-state index is 0.258. The third-order valence-corrected chi connectivity index (χ3v) is 2.24. The molecule has 0 atom stereocenters. The van der Waals surface area contributed by atoms with Crippen LogP contribution in [0, 0.1) is 0 Å². The Labute approximate surface area is 80.5 Å². The predicted octanol–water partition coefficient (Wildman–Crippen LogP) is 3.41. The van der Waals surface area contributed by atoms with E-state index in [4.69, 9.17) is 0 Å². The Morgan fingerprint density at radius 2 is 2.23 bits per heavy atom. The largest absolute Gasteiger partial charge is 0.295 e. The van der Waals surface area contributed by atoms with Gasteiger partial charge in [-0.1, -0.05) is 17.2 Å². The van der Waals surface area contributed by atoms with Gasteiger partial charge < -0.3 is 0 Å². The zero-order valence-electron chi connectivity index (χ0n) is 8.60. The lowest BCUT2D eigenvalue weighted by molar-refractivity contribution is -0.114.